The predicted molar refractivity (Wildman–Crippen MR) is 49.5 cm³/mol. The second-order valence-electron chi connectivity index (χ2n) is 3.20. The number of alkyl carbamates (subject to hydrolysis) is 1. The zero-order valence-corrected chi connectivity index (χ0v) is 8.59. The van der Waals surface area contributed by atoms with Gasteiger partial charge in [-0.05, 0) is 19.8 Å². The van der Waals surface area contributed by atoms with Crippen molar-refractivity contribution in [2.75, 3.05) is 6.61 Å². The summed E-state index contributed by atoms with van der Waals surface area (Å²) in [5.74, 6) is 0.0324. The van der Waals surface area contributed by atoms with Crippen LogP contribution >= 0.6 is 0 Å². The molecular weight excluding hydrogens is 170 g/mol. The Balaban J connectivity index is 4.10. The lowest BCUT2D eigenvalue weighted by Gasteiger charge is -2.18. The quantitative estimate of drug-likeness (QED) is 0.722. The minimum Gasteiger partial charge on any atom is -0.450 e. The third-order valence-electron chi connectivity index (χ3n) is 1.65. The number of ketones is 1. The summed E-state index contributed by atoms with van der Waals surface area (Å²) in [6.07, 6.45) is -0.531. The van der Waals surface area contributed by atoms with Crippen molar-refractivity contribution in [3.8, 4) is 0 Å². The summed E-state index contributed by atoms with van der Waals surface area (Å²) in [7, 11) is 0. The summed E-state index contributed by atoms with van der Waals surface area (Å²) in [5.41, 5.74) is 0. The number of hydrogen-bond acceptors (Lipinski definition) is 3. The maximum Gasteiger partial charge on any atom is 0.407 e. The molecule has 0 spiro atoms. The van der Waals surface area contributed by atoms with Gasteiger partial charge >= 0.3 is 6.09 Å². The molecule has 0 aliphatic heterocycles. The highest BCUT2D eigenvalue weighted by Crippen LogP contribution is 2.02. The highest BCUT2D eigenvalue weighted by Gasteiger charge is 2.20. The van der Waals surface area contributed by atoms with Gasteiger partial charge in [-0.15, -0.1) is 0 Å². The molecule has 0 aliphatic rings. The van der Waals surface area contributed by atoms with Crippen molar-refractivity contribution in [1.82, 2.24) is 5.32 Å². The van der Waals surface area contributed by atoms with Crippen molar-refractivity contribution in [1.29, 1.82) is 0 Å². The molecule has 0 aliphatic carbocycles. The molecule has 0 unspecified atom stereocenters. The molecule has 0 saturated carbocycles. The van der Waals surface area contributed by atoms with E-state index >= 15 is 0 Å². The molecule has 0 rings (SSSR count). The van der Waals surface area contributed by atoms with E-state index in [-0.39, 0.29) is 11.7 Å². The van der Waals surface area contributed by atoms with Crippen LogP contribution in [0, 0.1) is 5.92 Å². The van der Waals surface area contributed by atoms with E-state index in [1.807, 2.05) is 13.8 Å². The van der Waals surface area contributed by atoms with Crippen LogP contribution in [0.25, 0.3) is 0 Å². The molecule has 4 heteroatoms. The Bertz CT molecular complexity index is 189. The van der Waals surface area contributed by atoms with Crippen molar-refractivity contribution >= 4 is 11.9 Å². The Morgan fingerprint density at radius 3 is 2.23 bits per heavy atom. The van der Waals surface area contributed by atoms with Crippen LogP contribution in [0.5, 0.6) is 0 Å². The molecule has 4 nitrogen and oxygen atoms in total. The van der Waals surface area contributed by atoms with E-state index < -0.39 is 12.1 Å². The van der Waals surface area contributed by atoms with Crippen molar-refractivity contribution in [3.63, 3.8) is 0 Å². The monoisotopic (exact) mass is 187 g/mol. The predicted octanol–water partition coefficient (Wildman–Crippen LogP) is 1.35. The fraction of sp³-hybridized carbons (Fsp3) is 0.778. The first kappa shape index (κ1) is 11.9. The lowest BCUT2D eigenvalue weighted by molar-refractivity contribution is -0.119. The normalized spacial score (nSPS) is 12.4. The summed E-state index contributed by atoms with van der Waals surface area (Å²) >= 11 is 0. The topological polar surface area (TPSA) is 55.4 Å². The molecular formula is C9H17NO3. The van der Waals surface area contributed by atoms with Gasteiger partial charge in [0.25, 0.3) is 0 Å². The Labute approximate surface area is 78.6 Å². The van der Waals surface area contributed by atoms with Gasteiger partial charge in [-0.3, -0.25) is 4.79 Å². The Hall–Kier alpha value is -1.06. The van der Waals surface area contributed by atoms with Gasteiger partial charge in [0, 0.05) is 0 Å². The van der Waals surface area contributed by atoms with Crippen molar-refractivity contribution < 1.29 is 14.3 Å². The molecule has 0 radical (unpaired) electrons. The lowest BCUT2D eigenvalue weighted by Crippen LogP contribution is -2.43. The number of carbonyl (C=O) groups excluding carboxylic acids is 2. The van der Waals surface area contributed by atoms with Gasteiger partial charge < -0.3 is 10.1 Å². The van der Waals surface area contributed by atoms with E-state index in [4.69, 9.17) is 0 Å². The number of hydrogen-bond donors (Lipinski definition) is 1. The second kappa shape index (κ2) is 5.56. The molecule has 0 heterocycles. The molecule has 76 valence electrons. The Morgan fingerprint density at radius 2 is 1.92 bits per heavy atom. The molecule has 0 bridgehead atoms. The van der Waals surface area contributed by atoms with Gasteiger partial charge in [0.1, 0.15) is 0 Å². The van der Waals surface area contributed by atoms with Crippen LogP contribution in [0.3, 0.4) is 0 Å². The fourth-order valence-corrected chi connectivity index (χ4v) is 1.04. The minimum atomic E-state index is -0.531. The smallest absolute Gasteiger partial charge is 0.407 e. The standard InChI is InChI=1S/C9H17NO3/c1-5-13-9(12)10-8(6(2)3)7(4)11/h6,8H,5H2,1-4H3,(H,10,12)/t8-/m1/s1. The number of ether oxygens (including phenoxy) is 1. The largest absolute Gasteiger partial charge is 0.450 e. The van der Waals surface area contributed by atoms with Crippen molar-refractivity contribution in [2.24, 2.45) is 5.92 Å². The van der Waals surface area contributed by atoms with Crippen LogP contribution in [0.2, 0.25) is 0 Å². The first-order chi connectivity index (χ1) is 5.99. The number of rotatable bonds is 4. The highest BCUT2D eigenvalue weighted by molar-refractivity contribution is 5.85. The third kappa shape index (κ3) is 4.50. The van der Waals surface area contributed by atoms with E-state index in [0.29, 0.717) is 6.61 Å². The summed E-state index contributed by atoms with van der Waals surface area (Å²) < 4.78 is 4.67. The van der Waals surface area contributed by atoms with Gasteiger partial charge in [-0.25, -0.2) is 4.79 Å². The van der Waals surface area contributed by atoms with Crippen LogP contribution in [-0.2, 0) is 9.53 Å². The minimum absolute atomic E-state index is 0.0527. The number of Topliss-reactive ketones (excluding diaryl/α,β-unsaturated/α-hetero) is 1. The van der Waals surface area contributed by atoms with Crippen molar-refractivity contribution in [3.05, 3.63) is 0 Å². The summed E-state index contributed by atoms with van der Waals surface area (Å²) in [6, 6.07) is -0.445. The summed E-state index contributed by atoms with van der Waals surface area (Å²) in [6.45, 7) is 7.24. The summed E-state index contributed by atoms with van der Waals surface area (Å²) in [5, 5.41) is 2.51. The van der Waals surface area contributed by atoms with E-state index in [1.54, 1.807) is 6.92 Å². The maximum atomic E-state index is 11.1. The second-order valence-corrected chi connectivity index (χ2v) is 3.20. The van der Waals surface area contributed by atoms with Crippen LogP contribution in [0.4, 0.5) is 4.79 Å². The molecule has 0 aromatic carbocycles. The average molecular weight is 187 g/mol. The van der Waals surface area contributed by atoms with Gasteiger partial charge in [0.05, 0.1) is 12.6 Å². The lowest BCUT2D eigenvalue weighted by atomic mass is 10.0. The molecule has 1 amide bonds. The molecule has 13 heavy (non-hydrogen) atoms. The molecule has 0 fully saturated rings. The van der Waals surface area contributed by atoms with Crippen molar-refractivity contribution in [2.45, 2.75) is 33.7 Å². The average Bonchev–Trinajstić information content (AvgIpc) is 1.99. The Morgan fingerprint density at radius 1 is 1.38 bits per heavy atom. The zero-order chi connectivity index (χ0) is 10.4. The van der Waals surface area contributed by atoms with Crippen LogP contribution in [0.1, 0.15) is 27.7 Å². The highest BCUT2D eigenvalue weighted by atomic mass is 16.5. The summed E-state index contributed by atoms with van der Waals surface area (Å²) in [4.78, 5) is 22.0. The number of carbonyl (C=O) groups is 2. The molecule has 1 N–H and O–H groups in total. The van der Waals surface area contributed by atoms with Gasteiger partial charge in [-0.1, -0.05) is 13.8 Å². The first-order valence-corrected chi connectivity index (χ1v) is 4.42. The zero-order valence-electron chi connectivity index (χ0n) is 8.59. The van der Waals surface area contributed by atoms with E-state index in [1.165, 1.54) is 6.92 Å². The number of amides is 1. The van der Waals surface area contributed by atoms with Crippen LogP contribution in [-0.4, -0.2) is 24.5 Å². The van der Waals surface area contributed by atoms with E-state index in [9.17, 15) is 9.59 Å². The number of nitrogens with one attached hydrogen (secondary N) is 1. The third-order valence-corrected chi connectivity index (χ3v) is 1.65. The molecule has 1 atom stereocenters. The van der Waals surface area contributed by atoms with Gasteiger partial charge in [0.2, 0.25) is 0 Å². The van der Waals surface area contributed by atoms with Crippen LogP contribution in [0.15, 0.2) is 0 Å². The van der Waals surface area contributed by atoms with Gasteiger partial charge in [-0.2, -0.15) is 0 Å². The SMILES string of the molecule is CCOC(=O)N[C@@H](C(C)=O)C(C)C. The molecule has 0 aromatic rings. The van der Waals surface area contributed by atoms with Crippen LogP contribution < -0.4 is 5.32 Å². The molecule has 0 aromatic heterocycles. The van der Waals surface area contributed by atoms with E-state index in [2.05, 4.69) is 10.1 Å². The first-order valence-electron chi connectivity index (χ1n) is 4.42. The Kier molecular flexibility index (Phi) is 5.11. The molecule has 0 saturated heterocycles. The maximum absolute atomic E-state index is 11.1. The van der Waals surface area contributed by atoms with E-state index in [0.717, 1.165) is 0 Å². The fourth-order valence-electron chi connectivity index (χ4n) is 1.04. The van der Waals surface area contributed by atoms with Gasteiger partial charge in [0.15, 0.2) is 5.78 Å².